The Morgan fingerprint density at radius 1 is 1.29 bits per heavy atom. The van der Waals surface area contributed by atoms with Gasteiger partial charge in [-0.3, -0.25) is 0 Å². The van der Waals surface area contributed by atoms with Gasteiger partial charge in [-0.05, 0) is 33.3 Å². The zero-order valence-electron chi connectivity index (χ0n) is 13.8. The Labute approximate surface area is 127 Å². The molecule has 1 aromatic carbocycles. The molecule has 0 amide bonds. The molecule has 118 valence electrons. The number of carbonyl (C=O) groups excluding carboxylic acids is 1. The monoisotopic (exact) mass is 294 g/mol. The van der Waals surface area contributed by atoms with E-state index in [1.165, 1.54) is 11.1 Å². The third kappa shape index (κ3) is 6.27. The van der Waals surface area contributed by atoms with E-state index in [4.69, 9.17) is 4.74 Å². The molecule has 0 saturated carbocycles. The maximum absolute atomic E-state index is 12.1. The Balaban J connectivity index is 2.83. The number of ether oxygens (including phenoxy) is 1. The van der Waals surface area contributed by atoms with E-state index < -0.39 is 5.60 Å². The summed E-state index contributed by atoms with van der Waals surface area (Å²) in [6.07, 6.45) is 0. The summed E-state index contributed by atoms with van der Waals surface area (Å²) in [7, 11) is 1.98. The van der Waals surface area contributed by atoms with Gasteiger partial charge in [0.2, 0.25) is 0 Å². The number of aliphatic hydroxyl groups is 1. The van der Waals surface area contributed by atoms with Gasteiger partial charge >= 0.3 is 5.97 Å². The van der Waals surface area contributed by atoms with Gasteiger partial charge in [-0.25, -0.2) is 4.79 Å². The average molecular weight is 294 g/mol. The second kappa shape index (κ2) is 7.05. The predicted molar refractivity (Wildman–Crippen MR) is 83.7 cm³/mol. The molecule has 21 heavy (non-hydrogen) atoms. The molecule has 0 fully saturated rings. The highest BCUT2D eigenvalue weighted by atomic mass is 16.6. The van der Waals surface area contributed by atoms with Crippen molar-refractivity contribution in [2.45, 2.75) is 39.8 Å². The molecule has 0 saturated heterocycles. The SMILES string of the molecule is Cc1ccccc1C[N+](C)(CCO)CC(=O)OC(C)(C)C. The van der Waals surface area contributed by atoms with Crippen LogP contribution in [0.1, 0.15) is 31.9 Å². The van der Waals surface area contributed by atoms with Gasteiger partial charge in [0.1, 0.15) is 18.7 Å². The van der Waals surface area contributed by atoms with Crippen molar-refractivity contribution in [3.05, 3.63) is 35.4 Å². The van der Waals surface area contributed by atoms with Crippen LogP contribution < -0.4 is 0 Å². The average Bonchev–Trinajstić information content (AvgIpc) is 2.29. The van der Waals surface area contributed by atoms with Crippen LogP contribution in [0.4, 0.5) is 0 Å². The Kier molecular flexibility index (Phi) is 5.93. The quantitative estimate of drug-likeness (QED) is 0.647. The largest absolute Gasteiger partial charge is 0.456 e. The van der Waals surface area contributed by atoms with Gasteiger partial charge in [-0.2, -0.15) is 0 Å². The Bertz CT molecular complexity index is 479. The van der Waals surface area contributed by atoms with E-state index in [9.17, 15) is 9.90 Å². The third-order valence-corrected chi connectivity index (χ3v) is 3.38. The summed E-state index contributed by atoms with van der Waals surface area (Å²) in [6, 6.07) is 8.13. The molecule has 0 radical (unpaired) electrons. The zero-order chi connectivity index (χ0) is 16.1. The van der Waals surface area contributed by atoms with E-state index in [1.54, 1.807) is 0 Å². The standard InChI is InChI=1S/C17H28NO3/c1-14-8-6-7-9-15(14)12-18(5,10-11-19)13-16(20)21-17(2,3)4/h6-9,19H,10-13H2,1-5H3/q+1. The molecule has 0 aromatic heterocycles. The molecule has 4 heteroatoms. The van der Waals surface area contributed by atoms with Crippen molar-refractivity contribution in [2.24, 2.45) is 0 Å². The van der Waals surface area contributed by atoms with Crippen LogP contribution in [-0.2, 0) is 16.1 Å². The maximum atomic E-state index is 12.1. The van der Waals surface area contributed by atoms with Gasteiger partial charge < -0.3 is 14.3 Å². The van der Waals surface area contributed by atoms with Crippen LogP contribution in [0.25, 0.3) is 0 Å². The van der Waals surface area contributed by atoms with Crippen molar-refractivity contribution >= 4 is 5.97 Å². The number of nitrogens with zero attached hydrogens (tertiary/aromatic N) is 1. The number of esters is 1. The highest BCUT2D eigenvalue weighted by molar-refractivity contribution is 5.71. The molecule has 1 aromatic rings. The van der Waals surface area contributed by atoms with Crippen molar-refractivity contribution in [1.82, 2.24) is 0 Å². The fourth-order valence-corrected chi connectivity index (χ4v) is 2.34. The van der Waals surface area contributed by atoms with Gasteiger partial charge in [-0.1, -0.05) is 24.3 Å². The van der Waals surface area contributed by atoms with Gasteiger partial charge in [-0.15, -0.1) is 0 Å². The van der Waals surface area contributed by atoms with Crippen LogP contribution in [0.3, 0.4) is 0 Å². The smallest absolute Gasteiger partial charge is 0.362 e. The first-order valence-electron chi connectivity index (χ1n) is 7.36. The van der Waals surface area contributed by atoms with Crippen LogP contribution in [0.5, 0.6) is 0 Å². The summed E-state index contributed by atoms with van der Waals surface area (Å²) < 4.78 is 5.85. The Hall–Kier alpha value is -1.39. The predicted octanol–water partition coefficient (Wildman–Crippen LogP) is 2.28. The molecule has 4 nitrogen and oxygen atoms in total. The Morgan fingerprint density at radius 3 is 2.43 bits per heavy atom. The lowest BCUT2D eigenvalue weighted by Gasteiger charge is -2.34. The molecular formula is C17H28NO3+. The normalized spacial score (nSPS) is 14.6. The van der Waals surface area contributed by atoms with Gasteiger partial charge in [0, 0.05) is 5.56 Å². The topological polar surface area (TPSA) is 46.5 Å². The van der Waals surface area contributed by atoms with E-state index in [2.05, 4.69) is 19.1 Å². The van der Waals surface area contributed by atoms with Crippen LogP contribution in [0.2, 0.25) is 0 Å². The van der Waals surface area contributed by atoms with Crippen molar-refractivity contribution in [3.63, 3.8) is 0 Å². The van der Waals surface area contributed by atoms with Gasteiger partial charge in [0.05, 0.1) is 13.7 Å². The van der Waals surface area contributed by atoms with E-state index in [-0.39, 0.29) is 19.1 Å². The molecule has 1 unspecified atom stereocenters. The molecule has 1 N–H and O–H groups in total. The molecular weight excluding hydrogens is 266 g/mol. The van der Waals surface area contributed by atoms with Gasteiger partial charge in [0.15, 0.2) is 6.54 Å². The number of hydrogen-bond donors (Lipinski definition) is 1. The minimum Gasteiger partial charge on any atom is -0.456 e. The second-order valence-corrected chi connectivity index (χ2v) is 6.90. The molecule has 1 atom stereocenters. The maximum Gasteiger partial charge on any atom is 0.362 e. The number of benzene rings is 1. The number of aliphatic hydroxyl groups excluding tert-OH is 1. The fraction of sp³-hybridized carbons (Fsp3) is 0.588. The summed E-state index contributed by atoms with van der Waals surface area (Å²) in [5.74, 6) is -0.230. The number of hydrogen-bond acceptors (Lipinski definition) is 3. The molecule has 0 aliphatic heterocycles. The summed E-state index contributed by atoms with van der Waals surface area (Å²) in [4.78, 5) is 12.1. The highest BCUT2D eigenvalue weighted by Gasteiger charge is 2.29. The third-order valence-electron chi connectivity index (χ3n) is 3.38. The number of quaternary nitrogens is 1. The van der Waals surface area contributed by atoms with E-state index >= 15 is 0 Å². The van der Waals surface area contributed by atoms with E-state index in [1.807, 2.05) is 40.0 Å². The number of likely N-dealkylation sites (N-methyl/N-ethyl adjacent to an activating group) is 1. The first-order chi connectivity index (χ1) is 9.65. The lowest BCUT2D eigenvalue weighted by atomic mass is 10.1. The molecule has 0 aliphatic carbocycles. The second-order valence-electron chi connectivity index (χ2n) is 6.90. The molecule has 1 rings (SSSR count). The van der Waals surface area contributed by atoms with Crippen molar-refractivity contribution in [2.75, 3.05) is 26.7 Å². The van der Waals surface area contributed by atoms with Gasteiger partial charge in [0.25, 0.3) is 0 Å². The van der Waals surface area contributed by atoms with Crippen LogP contribution in [0.15, 0.2) is 24.3 Å². The number of rotatable bonds is 6. The number of carbonyl (C=O) groups is 1. The highest BCUT2D eigenvalue weighted by Crippen LogP contribution is 2.17. The molecule has 0 spiro atoms. The minimum absolute atomic E-state index is 0.0468. The fourth-order valence-electron chi connectivity index (χ4n) is 2.34. The lowest BCUT2D eigenvalue weighted by Crippen LogP contribution is -2.50. The lowest BCUT2D eigenvalue weighted by molar-refractivity contribution is -0.916. The number of aryl methyl sites for hydroxylation is 1. The first-order valence-corrected chi connectivity index (χ1v) is 7.36. The molecule has 0 bridgehead atoms. The first kappa shape index (κ1) is 17.7. The van der Waals surface area contributed by atoms with Crippen LogP contribution >= 0.6 is 0 Å². The summed E-state index contributed by atoms with van der Waals surface area (Å²) in [5, 5.41) is 9.33. The van der Waals surface area contributed by atoms with E-state index in [0.29, 0.717) is 17.6 Å². The van der Waals surface area contributed by atoms with E-state index in [0.717, 1.165) is 0 Å². The summed E-state index contributed by atoms with van der Waals surface area (Å²) >= 11 is 0. The summed E-state index contributed by atoms with van der Waals surface area (Å²) in [5.41, 5.74) is 1.91. The minimum atomic E-state index is -0.482. The van der Waals surface area contributed by atoms with Crippen molar-refractivity contribution in [1.29, 1.82) is 0 Å². The van der Waals surface area contributed by atoms with Crippen LogP contribution in [-0.4, -0.2) is 47.9 Å². The molecule has 0 aliphatic rings. The molecule has 0 heterocycles. The zero-order valence-corrected chi connectivity index (χ0v) is 13.8. The van der Waals surface area contributed by atoms with Crippen molar-refractivity contribution in [3.8, 4) is 0 Å². The van der Waals surface area contributed by atoms with Crippen molar-refractivity contribution < 1.29 is 19.1 Å². The Morgan fingerprint density at radius 2 is 1.90 bits per heavy atom. The van der Waals surface area contributed by atoms with Crippen LogP contribution in [0, 0.1) is 6.92 Å². The summed E-state index contributed by atoms with van der Waals surface area (Å²) in [6.45, 7) is 9.18.